The summed E-state index contributed by atoms with van der Waals surface area (Å²) in [7, 11) is 0. The van der Waals surface area contributed by atoms with Crippen molar-refractivity contribution in [1.29, 1.82) is 0 Å². The lowest BCUT2D eigenvalue weighted by molar-refractivity contribution is -0.144. The lowest BCUT2D eigenvalue weighted by atomic mass is 9.88. The molecule has 0 saturated carbocycles. The van der Waals surface area contributed by atoms with Crippen molar-refractivity contribution in [2.45, 2.75) is 71.7 Å². The van der Waals surface area contributed by atoms with E-state index in [1.165, 1.54) is 6.92 Å². The molecule has 5 nitrogen and oxygen atoms in total. The molecule has 1 aliphatic heterocycles. The first kappa shape index (κ1) is 21.2. The number of aliphatic hydroxyl groups excluding tert-OH is 1. The summed E-state index contributed by atoms with van der Waals surface area (Å²) < 4.78 is 10.9. The van der Waals surface area contributed by atoms with Crippen LogP contribution in [0.4, 0.5) is 0 Å². The van der Waals surface area contributed by atoms with Crippen molar-refractivity contribution < 1.29 is 24.2 Å². The first-order valence-corrected chi connectivity index (χ1v) is 9.42. The highest BCUT2D eigenvalue weighted by molar-refractivity contribution is 5.91. The molecule has 1 fully saturated rings. The molecule has 2 rings (SSSR count). The maximum absolute atomic E-state index is 12.0. The Morgan fingerprint density at radius 3 is 2.48 bits per heavy atom. The average molecular weight is 374 g/mol. The summed E-state index contributed by atoms with van der Waals surface area (Å²) in [4.78, 5) is 23.5. The van der Waals surface area contributed by atoms with E-state index >= 15 is 0 Å². The van der Waals surface area contributed by atoms with E-state index in [4.69, 9.17) is 9.47 Å². The monoisotopic (exact) mass is 374 g/mol. The maximum atomic E-state index is 12.0. The van der Waals surface area contributed by atoms with E-state index in [9.17, 15) is 14.7 Å². The molecule has 2 aliphatic rings. The van der Waals surface area contributed by atoms with Gasteiger partial charge in [0.15, 0.2) is 0 Å². The second kappa shape index (κ2) is 9.18. The smallest absolute Gasteiger partial charge is 0.334 e. The number of carbonyl (C=O) groups is 2. The van der Waals surface area contributed by atoms with Gasteiger partial charge in [-0.1, -0.05) is 29.4 Å². The fourth-order valence-electron chi connectivity index (χ4n) is 3.70. The lowest BCUT2D eigenvalue weighted by Gasteiger charge is -2.20. The molecular weight excluding hydrogens is 344 g/mol. The van der Waals surface area contributed by atoms with Gasteiger partial charge in [0.25, 0.3) is 0 Å². The Hall–Kier alpha value is -2.14. The number of hydrogen-bond acceptors (Lipinski definition) is 5. The minimum atomic E-state index is -0.598. The van der Waals surface area contributed by atoms with E-state index in [1.54, 1.807) is 0 Å². The van der Waals surface area contributed by atoms with Crippen molar-refractivity contribution >= 4 is 11.9 Å². The van der Waals surface area contributed by atoms with E-state index in [0.717, 1.165) is 29.6 Å². The van der Waals surface area contributed by atoms with Crippen LogP contribution in [0.25, 0.3) is 0 Å². The fourth-order valence-corrected chi connectivity index (χ4v) is 3.70. The first-order chi connectivity index (χ1) is 12.7. The van der Waals surface area contributed by atoms with Gasteiger partial charge in [0.05, 0.1) is 6.10 Å². The van der Waals surface area contributed by atoms with Gasteiger partial charge in [-0.3, -0.25) is 4.79 Å². The van der Waals surface area contributed by atoms with Crippen molar-refractivity contribution in [3.05, 3.63) is 47.1 Å². The van der Waals surface area contributed by atoms with Crippen LogP contribution in [0.15, 0.2) is 47.1 Å². The summed E-state index contributed by atoms with van der Waals surface area (Å²) in [6, 6.07) is 0. The van der Waals surface area contributed by atoms with Crippen LogP contribution in [0.2, 0.25) is 0 Å². The van der Waals surface area contributed by atoms with Crippen molar-refractivity contribution in [2.75, 3.05) is 0 Å². The van der Waals surface area contributed by atoms with E-state index in [-0.39, 0.29) is 24.0 Å². The number of allylic oxidation sites excluding steroid dienone is 1. The Labute approximate surface area is 161 Å². The Kier molecular flexibility index (Phi) is 7.19. The molecule has 0 bridgehead atoms. The quantitative estimate of drug-likeness (QED) is 0.429. The average Bonchev–Trinajstić information content (AvgIpc) is 2.77. The van der Waals surface area contributed by atoms with Gasteiger partial charge in [-0.15, -0.1) is 0 Å². The molecule has 0 aromatic heterocycles. The molecule has 0 radical (unpaired) electrons. The topological polar surface area (TPSA) is 72.8 Å². The number of hydrogen-bond donors (Lipinski definition) is 1. The molecule has 0 amide bonds. The Morgan fingerprint density at radius 2 is 1.81 bits per heavy atom. The van der Waals surface area contributed by atoms with Crippen molar-refractivity contribution in [2.24, 2.45) is 5.92 Å². The molecule has 1 aliphatic carbocycles. The highest BCUT2D eigenvalue weighted by Gasteiger charge is 2.37. The standard InChI is InChI=1S/C22H30O5/c1-13-6-7-20-16(4)22(25)27-21(20)12-15(3)11-19(26-17(5)23)10-14(2)9-18(24)8-13/h8,10,12,18-21,24H,4,6-7,9,11H2,1-3,5H3/b13-8+,14-10+,15-12+/t18-,19-,20-,21+/m1/s1. The SMILES string of the molecule is C=C1C(=O)O[C@H]2/C=C(\C)C[C@H](OC(C)=O)/C=C(\C)C[C@H](O)/C=C(\C)CC[C@H]12. The number of esters is 2. The van der Waals surface area contributed by atoms with E-state index < -0.39 is 12.2 Å². The molecular formula is C22H30O5. The number of rotatable bonds is 1. The molecule has 0 aromatic rings. The molecule has 5 heteroatoms. The molecule has 1 saturated heterocycles. The Morgan fingerprint density at radius 1 is 1.15 bits per heavy atom. The van der Waals surface area contributed by atoms with Crippen molar-refractivity contribution in [3.8, 4) is 0 Å². The van der Waals surface area contributed by atoms with Crippen LogP contribution in [-0.4, -0.2) is 35.4 Å². The molecule has 27 heavy (non-hydrogen) atoms. The lowest BCUT2D eigenvalue weighted by Crippen LogP contribution is -2.18. The normalized spacial score (nSPS) is 36.1. The van der Waals surface area contributed by atoms with Gasteiger partial charge in [0.2, 0.25) is 0 Å². The third-order valence-corrected chi connectivity index (χ3v) is 4.97. The largest absolute Gasteiger partial charge is 0.458 e. The summed E-state index contributed by atoms with van der Waals surface area (Å²) in [5.74, 6) is -0.791. The zero-order valence-corrected chi connectivity index (χ0v) is 16.7. The highest BCUT2D eigenvalue weighted by atomic mass is 16.6. The first-order valence-electron chi connectivity index (χ1n) is 9.42. The molecule has 0 unspecified atom stereocenters. The summed E-state index contributed by atoms with van der Waals surface area (Å²) in [6.07, 6.45) is 6.79. The van der Waals surface area contributed by atoms with Gasteiger partial charge in [-0.05, 0) is 52.2 Å². The van der Waals surface area contributed by atoms with Gasteiger partial charge in [0, 0.05) is 24.8 Å². The Balaban J connectivity index is 2.35. The fraction of sp³-hybridized carbons (Fsp3) is 0.545. The molecule has 1 N–H and O–H groups in total. The molecule has 1 heterocycles. The van der Waals surface area contributed by atoms with Crippen LogP contribution in [0.3, 0.4) is 0 Å². The predicted molar refractivity (Wildman–Crippen MR) is 104 cm³/mol. The molecule has 0 spiro atoms. The number of fused-ring (bicyclic) bond motifs is 1. The Bertz CT molecular complexity index is 697. The third-order valence-electron chi connectivity index (χ3n) is 4.97. The van der Waals surface area contributed by atoms with E-state index in [1.807, 2.05) is 39.0 Å². The minimum Gasteiger partial charge on any atom is -0.458 e. The summed E-state index contributed by atoms with van der Waals surface area (Å²) >= 11 is 0. The van der Waals surface area contributed by atoms with Crippen molar-refractivity contribution in [3.63, 3.8) is 0 Å². The summed E-state index contributed by atoms with van der Waals surface area (Å²) in [6.45, 7) is 11.1. The van der Waals surface area contributed by atoms with Gasteiger partial charge in [-0.2, -0.15) is 0 Å². The van der Waals surface area contributed by atoms with Crippen LogP contribution >= 0.6 is 0 Å². The zero-order valence-electron chi connectivity index (χ0n) is 16.7. The van der Waals surface area contributed by atoms with Gasteiger partial charge in [-0.25, -0.2) is 4.79 Å². The summed E-state index contributed by atoms with van der Waals surface area (Å²) in [5, 5.41) is 10.3. The van der Waals surface area contributed by atoms with Gasteiger partial charge >= 0.3 is 11.9 Å². The van der Waals surface area contributed by atoms with Crippen LogP contribution in [0.5, 0.6) is 0 Å². The highest BCUT2D eigenvalue weighted by Crippen LogP contribution is 2.33. The van der Waals surface area contributed by atoms with Gasteiger partial charge < -0.3 is 14.6 Å². The minimum absolute atomic E-state index is 0.0830. The summed E-state index contributed by atoms with van der Waals surface area (Å²) in [5.41, 5.74) is 3.50. The second-order valence-electron chi connectivity index (χ2n) is 7.70. The van der Waals surface area contributed by atoms with Crippen LogP contribution in [0, 0.1) is 5.92 Å². The zero-order chi connectivity index (χ0) is 20.1. The van der Waals surface area contributed by atoms with Crippen molar-refractivity contribution in [1.82, 2.24) is 0 Å². The van der Waals surface area contributed by atoms with E-state index in [0.29, 0.717) is 18.4 Å². The van der Waals surface area contributed by atoms with Crippen LogP contribution < -0.4 is 0 Å². The molecule has 148 valence electrons. The van der Waals surface area contributed by atoms with Crippen LogP contribution in [-0.2, 0) is 19.1 Å². The maximum Gasteiger partial charge on any atom is 0.334 e. The molecule has 0 aromatic carbocycles. The third kappa shape index (κ3) is 6.21. The van der Waals surface area contributed by atoms with Crippen LogP contribution in [0.1, 0.15) is 53.4 Å². The van der Waals surface area contributed by atoms with Gasteiger partial charge in [0.1, 0.15) is 12.2 Å². The second-order valence-corrected chi connectivity index (χ2v) is 7.70. The molecule has 4 atom stereocenters. The number of aliphatic hydroxyl groups is 1. The number of ether oxygens (including phenoxy) is 2. The predicted octanol–water partition coefficient (Wildman–Crippen LogP) is 3.79. The number of carbonyl (C=O) groups excluding carboxylic acids is 2. The van der Waals surface area contributed by atoms with E-state index in [2.05, 4.69) is 6.58 Å².